The van der Waals surface area contributed by atoms with Crippen molar-refractivity contribution >= 4 is 23.5 Å². The van der Waals surface area contributed by atoms with Crippen LogP contribution in [0.3, 0.4) is 0 Å². The van der Waals surface area contributed by atoms with Crippen LogP contribution in [0.1, 0.15) is 5.69 Å². The van der Waals surface area contributed by atoms with Gasteiger partial charge in [0, 0.05) is 32.0 Å². The van der Waals surface area contributed by atoms with Crippen LogP contribution >= 0.6 is 0 Å². The first-order valence-corrected chi connectivity index (χ1v) is 10.3. The number of carbonyl (C=O) groups excluding carboxylic acids is 1. The zero-order chi connectivity index (χ0) is 25.1. The summed E-state index contributed by atoms with van der Waals surface area (Å²) in [4.78, 5) is 34.1. The summed E-state index contributed by atoms with van der Waals surface area (Å²) in [6.07, 6.45) is -3.57. The molecule has 4 heterocycles. The SMILES string of the molecule is COCCNC(=O)C1COC2(CN(c3cc(C)nc4ncnn34)C2)CN1C.O=C(O)C(F)(F)F. The van der Waals surface area contributed by atoms with Crippen LogP contribution in [0.5, 0.6) is 0 Å². The minimum Gasteiger partial charge on any atom is -0.475 e. The third-order valence-electron chi connectivity index (χ3n) is 5.41. The highest BCUT2D eigenvalue weighted by Crippen LogP contribution is 2.34. The zero-order valence-corrected chi connectivity index (χ0v) is 18.9. The maximum Gasteiger partial charge on any atom is 0.490 e. The van der Waals surface area contributed by atoms with E-state index in [4.69, 9.17) is 19.4 Å². The van der Waals surface area contributed by atoms with Crippen molar-refractivity contribution in [2.24, 2.45) is 0 Å². The Bertz CT molecular complexity index is 1030. The van der Waals surface area contributed by atoms with E-state index in [2.05, 4.69) is 30.2 Å². The molecule has 2 aliphatic rings. The van der Waals surface area contributed by atoms with E-state index in [0.717, 1.165) is 24.6 Å². The molecule has 0 radical (unpaired) electrons. The quantitative estimate of drug-likeness (QED) is 0.540. The predicted octanol–water partition coefficient (Wildman–Crippen LogP) is -0.282. The van der Waals surface area contributed by atoms with E-state index in [-0.39, 0.29) is 17.6 Å². The van der Waals surface area contributed by atoms with Gasteiger partial charge >= 0.3 is 12.1 Å². The van der Waals surface area contributed by atoms with Crippen molar-refractivity contribution in [3.63, 3.8) is 0 Å². The van der Waals surface area contributed by atoms with Crippen molar-refractivity contribution in [3.05, 3.63) is 18.1 Å². The third-order valence-corrected chi connectivity index (χ3v) is 5.41. The molecule has 2 aliphatic heterocycles. The minimum atomic E-state index is -5.08. The molecule has 1 amide bonds. The van der Waals surface area contributed by atoms with Gasteiger partial charge in [0.2, 0.25) is 5.91 Å². The standard InChI is InChI=1S/C17H25N7O3.C2HF3O2/c1-12-6-14(24-16(21-12)19-11-20-24)23-9-17(10-23)8-22(2)13(7-27-17)15(25)18-4-5-26-3;3-2(4,5)1(6)7/h6,11,13H,4-5,7-10H2,1-3H3,(H,18,25);(H,6,7). The molecule has 2 fully saturated rings. The first-order chi connectivity index (χ1) is 16.0. The maximum absolute atomic E-state index is 12.3. The van der Waals surface area contributed by atoms with E-state index < -0.39 is 12.1 Å². The Balaban J connectivity index is 0.000000406. The van der Waals surface area contributed by atoms with Crippen LogP contribution in [0.25, 0.3) is 5.78 Å². The Labute approximate surface area is 192 Å². The lowest BCUT2D eigenvalue weighted by Crippen LogP contribution is -2.72. The number of anilines is 1. The number of aromatic nitrogens is 4. The van der Waals surface area contributed by atoms with Gasteiger partial charge in [-0.15, -0.1) is 0 Å². The lowest BCUT2D eigenvalue weighted by atomic mass is 9.90. The summed E-state index contributed by atoms with van der Waals surface area (Å²) in [5, 5.41) is 14.3. The second kappa shape index (κ2) is 10.1. The molecule has 188 valence electrons. The number of ether oxygens (including phenoxy) is 2. The van der Waals surface area contributed by atoms with E-state index in [0.29, 0.717) is 32.1 Å². The first kappa shape index (κ1) is 25.6. The monoisotopic (exact) mass is 489 g/mol. The number of amides is 1. The fourth-order valence-electron chi connectivity index (χ4n) is 3.80. The van der Waals surface area contributed by atoms with Gasteiger partial charge in [-0.2, -0.15) is 27.8 Å². The van der Waals surface area contributed by atoms with Crippen LogP contribution in [0.15, 0.2) is 12.4 Å². The number of carboxylic acid groups (broad SMARTS) is 1. The number of fused-ring (bicyclic) bond motifs is 1. The molecule has 34 heavy (non-hydrogen) atoms. The molecule has 15 heteroatoms. The number of carbonyl (C=O) groups is 2. The largest absolute Gasteiger partial charge is 0.490 e. The van der Waals surface area contributed by atoms with E-state index in [9.17, 15) is 18.0 Å². The number of methoxy groups -OCH3 is 1. The molecule has 0 aromatic carbocycles. The summed E-state index contributed by atoms with van der Waals surface area (Å²) in [6.45, 7) is 5.54. The number of likely N-dealkylation sites (N-methyl/N-ethyl adjacent to an activating group) is 1. The van der Waals surface area contributed by atoms with Gasteiger partial charge in [-0.05, 0) is 14.0 Å². The summed E-state index contributed by atoms with van der Waals surface area (Å²) < 4.78 is 44.6. The second-order valence-corrected chi connectivity index (χ2v) is 8.10. The molecule has 4 rings (SSSR count). The average molecular weight is 489 g/mol. The normalized spacial score (nSPS) is 19.9. The van der Waals surface area contributed by atoms with Crippen LogP contribution in [-0.2, 0) is 19.1 Å². The van der Waals surface area contributed by atoms with Crippen molar-refractivity contribution in [2.45, 2.75) is 24.7 Å². The fraction of sp³-hybridized carbons (Fsp3) is 0.632. The second-order valence-electron chi connectivity index (χ2n) is 8.10. The van der Waals surface area contributed by atoms with Crippen LogP contribution in [-0.4, -0.2) is 113 Å². The molecular weight excluding hydrogens is 463 g/mol. The van der Waals surface area contributed by atoms with Crippen molar-refractivity contribution in [2.75, 3.05) is 58.5 Å². The molecule has 0 saturated carbocycles. The fourth-order valence-corrected chi connectivity index (χ4v) is 3.80. The number of aryl methyl sites for hydroxylation is 1. The molecule has 12 nitrogen and oxygen atoms in total. The van der Waals surface area contributed by atoms with Crippen LogP contribution in [0, 0.1) is 6.92 Å². The number of nitrogens with zero attached hydrogens (tertiary/aromatic N) is 6. The maximum atomic E-state index is 12.3. The first-order valence-electron chi connectivity index (χ1n) is 10.3. The summed E-state index contributed by atoms with van der Waals surface area (Å²) >= 11 is 0. The molecule has 1 spiro atoms. The number of aliphatic carboxylic acids is 1. The van der Waals surface area contributed by atoms with Crippen molar-refractivity contribution < 1.29 is 37.3 Å². The van der Waals surface area contributed by atoms with E-state index >= 15 is 0 Å². The van der Waals surface area contributed by atoms with Crippen molar-refractivity contribution in [1.29, 1.82) is 0 Å². The summed E-state index contributed by atoms with van der Waals surface area (Å²) in [6, 6.07) is 1.74. The minimum absolute atomic E-state index is 0.0188. The Hall–Kier alpha value is -3.04. The average Bonchev–Trinajstić information content (AvgIpc) is 3.19. The van der Waals surface area contributed by atoms with Crippen LogP contribution in [0.4, 0.5) is 19.0 Å². The molecule has 1 atom stereocenters. The van der Waals surface area contributed by atoms with Gasteiger partial charge < -0.3 is 24.8 Å². The molecule has 1 unspecified atom stereocenters. The number of hydrogen-bond donors (Lipinski definition) is 2. The summed E-state index contributed by atoms with van der Waals surface area (Å²) in [7, 11) is 3.59. The third kappa shape index (κ3) is 5.71. The Morgan fingerprint density at radius 2 is 2.03 bits per heavy atom. The molecule has 2 N–H and O–H groups in total. The topological polar surface area (TPSA) is 134 Å². The van der Waals surface area contributed by atoms with Crippen LogP contribution in [0.2, 0.25) is 0 Å². The Morgan fingerprint density at radius 1 is 1.35 bits per heavy atom. The number of morpholine rings is 1. The summed E-state index contributed by atoms with van der Waals surface area (Å²) in [5.74, 6) is -1.21. The van der Waals surface area contributed by atoms with Gasteiger partial charge in [0.25, 0.3) is 5.78 Å². The van der Waals surface area contributed by atoms with E-state index in [1.807, 2.05) is 20.0 Å². The number of alkyl halides is 3. The van der Waals surface area contributed by atoms with Crippen LogP contribution < -0.4 is 10.2 Å². The van der Waals surface area contributed by atoms with Crippen molar-refractivity contribution in [3.8, 4) is 0 Å². The van der Waals surface area contributed by atoms with Gasteiger partial charge in [-0.1, -0.05) is 0 Å². The number of halogens is 3. The van der Waals surface area contributed by atoms with E-state index in [1.165, 1.54) is 6.33 Å². The number of rotatable bonds is 5. The predicted molar refractivity (Wildman–Crippen MR) is 111 cm³/mol. The van der Waals surface area contributed by atoms with Gasteiger partial charge in [0.15, 0.2) is 0 Å². The highest BCUT2D eigenvalue weighted by molar-refractivity contribution is 5.82. The molecule has 0 bridgehead atoms. The number of nitrogens with one attached hydrogen (secondary N) is 1. The summed E-state index contributed by atoms with van der Waals surface area (Å²) in [5.41, 5.74) is 0.642. The Morgan fingerprint density at radius 3 is 2.62 bits per heavy atom. The zero-order valence-electron chi connectivity index (χ0n) is 18.9. The Kier molecular flexibility index (Phi) is 7.57. The molecule has 2 aromatic heterocycles. The lowest BCUT2D eigenvalue weighted by Gasteiger charge is -2.55. The van der Waals surface area contributed by atoms with Crippen molar-refractivity contribution in [1.82, 2.24) is 29.8 Å². The number of hydrogen-bond acceptors (Lipinski definition) is 9. The molecular formula is C19H26F3N7O5. The smallest absolute Gasteiger partial charge is 0.475 e. The highest BCUT2D eigenvalue weighted by atomic mass is 19.4. The molecule has 0 aliphatic carbocycles. The lowest BCUT2D eigenvalue weighted by molar-refractivity contribution is -0.192. The van der Waals surface area contributed by atoms with Gasteiger partial charge in [0.05, 0.1) is 26.3 Å². The molecule has 2 saturated heterocycles. The highest BCUT2D eigenvalue weighted by Gasteiger charge is 2.50. The van der Waals surface area contributed by atoms with E-state index in [1.54, 1.807) is 11.6 Å². The van der Waals surface area contributed by atoms with Gasteiger partial charge in [0.1, 0.15) is 23.8 Å². The number of carboxylic acids is 1. The van der Waals surface area contributed by atoms with Gasteiger partial charge in [-0.3, -0.25) is 9.69 Å². The molecule has 2 aromatic rings. The van der Waals surface area contributed by atoms with Gasteiger partial charge in [-0.25, -0.2) is 9.78 Å².